The Hall–Kier alpha value is -0.980. The summed E-state index contributed by atoms with van der Waals surface area (Å²) < 4.78 is 0. The highest BCUT2D eigenvalue weighted by molar-refractivity contribution is 7.09. The Balaban J connectivity index is 1.73. The maximum absolute atomic E-state index is 11.3. The topological polar surface area (TPSA) is 57.3 Å². The third-order valence-electron chi connectivity index (χ3n) is 3.60. The predicted molar refractivity (Wildman–Crippen MR) is 77.2 cm³/mol. The van der Waals surface area contributed by atoms with E-state index in [9.17, 15) is 4.79 Å². The molecule has 19 heavy (non-hydrogen) atoms. The van der Waals surface area contributed by atoms with Crippen molar-refractivity contribution in [2.45, 2.75) is 31.8 Å². The van der Waals surface area contributed by atoms with Gasteiger partial charge in [-0.05, 0) is 19.8 Å². The minimum absolute atomic E-state index is 0.101. The molecule has 0 aliphatic carbocycles. The number of carbonyl (C=O) groups is 1. The monoisotopic (exact) mass is 282 g/mol. The number of likely N-dealkylation sites (N-methyl/N-ethyl adjacent to an activating group) is 1. The van der Waals surface area contributed by atoms with Crippen LogP contribution in [0.3, 0.4) is 0 Å². The van der Waals surface area contributed by atoms with Gasteiger partial charge < -0.3 is 10.6 Å². The Kier molecular flexibility index (Phi) is 5.30. The number of likely N-dealkylation sites (tertiary alicyclic amines) is 1. The fraction of sp³-hybridized carbons (Fsp3) is 0.692. The number of hydrogen-bond donors (Lipinski definition) is 2. The van der Waals surface area contributed by atoms with Gasteiger partial charge in [-0.15, -0.1) is 11.3 Å². The molecule has 1 aromatic heterocycles. The Morgan fingerprint density at radius 3 is 2.89 bits per heavy atom. The Morgan fingerprint density at radius 2 is 2.32 bits per heavy atom. The zero-order valence-corrected chi connectivity index (χ0v) is 12.4. The third kappa shape index (κ3) is 4.26. The lowest BCUT2D eigenvalue weighted by Crippen LogP contribution is -2.46. The van der Waals surface area contributed by atoms with Crippen molar-refractivity contribution in [2.75, 3.05) is 26.7 Å². The molecule has 2 heterocycles. The molecule has 6 heteroatoms. The Morgan fingerprint density at radius 1 is 1.58 bits per heavy atom. The van der Waals surface area contributed by atoms with E-state index in [0.29, 0.717) is 18.6 Å². The normalized spacial score (nSPS) is 19.3. The van der Waals surface area contributed by atoms with Crippen LogP contribution in [0.4, 0.5) is 0 Å². The molecule has 1 aliphatic heterocycles. The van der Waals surface area contributed by atoms with Crippen LogP contribution in [0.15, 0.2) is 11.7 Å². The highest BCUT2D eigenvalue weighted by Gasteiger charge is 2.22. The van der Waals surface area contributed by atoms with Crippen LogP contribution < -0.4 is 10.6 Å². The molecule has 5 nitrogen and oxygen atoms in total. The van der Waals surface area contributed by atoms with Crippen molar-refractivity contribution in [1.82, 2.24) is 20.5 Å². The van der Waals surface area contributed by atoms with Crippen molar-refractivity contribution in [3.63, 3.8) is 0 Å². The van der Waals surface area contributed by atoms with Gasteiger partial charge >= 0.3 is 0 Å². The second-order valence-electron chi connectivity index (χ2n) is 5.02. The second kappa shape index (κ2) is 6.98. The van der Waals surface area contributed by atoms with Crippen molar-refractivity contribution in [3.05, 3.63) is 16.6 Å². The maximum atomic E-state index is 11.3. The first kappa shape index (κ1) is 14.4. The first-order valence-electron chi connectivity index (χ1n) is 6.76. The summed E-state index contributed by atoms with van der Waals surface area (Å²) in [5.74, 6) is 0.101. The Bertz CT molecular complexity index is 387. The molecule has 0 saturated carbocycles. The lowest BCUT2D eigenvalue weighted by atomic mass is 10.0. The minimum Gasteiger partial charge on any atom is -0.358 e. The molecule has 0 aromatic carbocycles. The van der Waals surface area contributed by atoms with Gasteiger partial charge in [-0.3, -0.25) is 14.7 Å². The van der Waals surface area contributed by atoms with Crippen LogP contribution >= 0.6 is 11.3 Å². The number of aromatic nitrogens is 1. The molecule has 1 aromatic rings. The fourth-order valence-corrected chi connectivity index (χ4v) is 3.05. The fourth-order valence-electron chi connectivity index (χ4n) is 2.42. The van der Waals surface area contributed by atoms with E-state index in [0.717, 1.165) is 25.9 Å². The summed E-state index contributed by atoms with van der Waals surface area (Å²) in [6.07, 6.45) is 4.13. The summed E-state index contributed by atoms with van der Waals surface area (Å²) in [6, 6.07) is 0.904. The van der Waals surface area contributed by atoms with Gasteiger partial charge in [-0.2, -0.15) is 0 Å². The molecule has 2 N–H and O–H groups in total. The highest BCUT2D eigenvalue weighted by Crippen LogP contribution is 2.19. The standard InChI is InChI=1S/C13H22N4OS/c1-10(12-7-15-9-19-12)16-11-3-5-17(6-4-11)8-13(18)14-2/h7,9-11,16H,3-6,8H2,1-2H3,(H,14,18). The van der Waals surface area contributed by atoms with E-state index in [-0.39, 0.29) is 5.91 Å². The number of thiazole rings is 1. The van der Waals surface area contributed by atoms with E-state index in [4.69, 9.17) is 0 Å². The van der Waals surface area contributed by atoms with Crippen LogP contribution in [0.2, 0.25) is 0 Å². The van der Waals surface area contributed by atoms with E-state index >= 15 is 0 Å². The number of amides is 1. The van der Waals surface area contributed by atoms with Crippen molar-refractivity contribution in [3.8, 4) is 0 Å². The first-order valence-corrected chi connectivity index (χ1v) is 7.64. The molecule has 1 atom stereocenters. The molecular weight excluding hydrogens is 260 g/mol. The third-order valence-corrected chi connectivity index (χ3v) is 4.56. The predicted octanol–water partition coefficient (Wildman–Crippen LogP) is 1.00. The number of carbonyl (C=O) groups excluding carboxylic acids is 1. The summed E-state index contributed by atoms with van der Waals surface area (Å²) in [5, 5.41) is 6.32. The SMILES string of the molecule is CNC(=O)CN1CCC(NC(C)c2cncs2)CC1. The number of nitrogens with zero attached hydrogens (tertiary/aromatic N) is 2. The molecule has 0 bridgehead atoms. The van der Waals surface area contributed by atoms with Gasteiger partial charge in [0.05, 0.1) is 12.1 Å². The van der Waals surface area contributed by atoms with Gasteiger partial charge in [0.15, 0.2) is 0 Å². The van der Waals surface area contributed by atoms with Gasteiger partial charge in [0.25, 0.3) is 0 Å². The van der Waals surface area contributed by atoms with E-state index in [1.54, 1.807) is 18.4 Å². The molecule has 1 aliphatic rings. The van der Waals surface area contributed by atoms with Crippen LogP contribution in [-0.4, -0.2) is 48.5 Å². The van der Waals surface area contributed by atoms with Crippen LogP contribution in [0.25, 0.3) is 0 Å². The van der Waals surface area contributed by atoms with Crippen molar-refractivity contribution in [1.29, 1.82) is 0 Å². The van der Waals surface area contributed by atoms with Gasteiger partial charge in [0.2, 0.25) is 5.91 Å². The molecule has 1 unspecified atom stereocenters. The van der Waals surface area contributed by atoms with Crippen LogP contribution in [0.1, 0.15) is 30.7 Å². The smallest absolute Gasteiger partial charge is 0.233 e. The van der Waals surface area contributed by atoms with Crippen LogP contribution in [0, 0.1) is 0 Å². The van der Waals surface area contributed by atoms with Gasteiger partial charge in [0.1, 0.15) is 0 Å². The average Bonchev–Trinajstić information content (AvgIpc) is 2.95. The number of hydrogen-bond acceptors (Lipinski definition) is 5. The van der Waals surface area contributed by atoms with E-state index in [1.807, 2.05) is 11.7 Å². The zero-order chi connectivity index (χ0) is 13.7. The zero-order valence-electron chi connectivity index (χ0n) is 11.6. The van der Waals surface area contributed by atoms with Gasteiger partial charge in [-0.1, -0.05) is 0 Å². The number of nitrogens with one attached hydrogen (secondary N) is 2. The van der Waals surface area contributed by atoms with Crippen LogP contribution in [0.5, 0.6) is 0 Å². The maximum Gasteiger partial charge on any atom is 0.233 e. The first-order chi connectivity index (χ1) is 9.19. The summed E-state index contributed by atoms with van der Waals surface area (Å²) in [4.78, 5) is 18.9. The number of piperidine rings is 1. The summed E-state index contributed by atoms with van der Waals surface area (Å²) >= 11 is 1.69. The second-order valence-corrected chi connectivity index (χ2v) is 5.93. The van der Waals surface area contributed by atoms with Crippen LogP contribution in [-0.2, 0) is 4.79 Å². The van der Waals surface area contributed by atoms with Crippen molar-refractivity contribution < 1.29 is 4.79 Å². The molecular formula is C13H22N4OS. The molecule has 0 spiro atoms. The molecule has 1 fully saturated rings. The van der Waals surface area contributed by atoms with E-state index in [1.165, 1.54) is 4.88 Å². The number of rotatable bonds is 5. The van der Waals surface area contributed by atoms with Gasteiger partial charge in [0, 0.05) is 43.3 Å². The van der Waals surface area contributed by atoms with Gasteiger partial charge in [-0.25, -0.2) is 0 Å². The largest absolute Gasteiger partial charge is 0.358 e. The molecule has 2 rings (SSSR count). The average molecular weight is 282 g/mol. The Labute approximate surface area is 118 Å². The molecule has 1 saturated heterocycles. The minimum atomic E-state index is 0.101. The van der Waals surface area contributed by atoms with Crippen molar-refractivity contribution >= 4 is 17.2 Å². The highest BCUT2D eigenvalue weighted by atomic mass is 32.1. The van der Waals surface area contributed by atoms with Crippen molar-refractivity contribution in [2.24, 2.45) is 0 Å². The molecule has 0 radical (unpaired) electrons. The molecule has 106 valence electrons. The van der Waals surface area contributed by atoms with E-state index in [2.05, 4.69) is 27.4 Å². The lowest BCUT2D eigenvalue weighted by Gasteiger charge is -2.33. The summed E-state index contributed by atoms with van der Waals surface area (Å²) in [6.45, 7) is 4.68. The molecule has 1 amide bonds. The van der Waals surface area contributed by atoms with E-state index < -0.39 is 0 Å². The lowest BCUT2D eigenvalue weighted by molar-refractivity contribution is -0.122. The summed E-state index contributed by atoms with van der Waals surface area (Å²) in [7, 11) is 1.69. The quantitative estimate of drug-likeness (QED) is 0.846. The summed E-state index contributed by atoms with van der Waals surface area (Å²) in [5.41, 5.74) is 1.87.